The first kappa shape index (κ1) is 21.3. The molecule has 1 aliphatic rings. The number of phenols is 1. The van der Waals surface area contributed by atoms with Crippen molar-refractivity contribution in [3.8, 4) is 5.75 Å². The first-order valence-corrected chi connectivity index (χ1v) is 8.59. The fourth-order valence-electron chi connectivity index (χ4n) is 2.53. The fraction of sp³-hybridized carbons (Fsp3) is 0.211. The van der Waals surface area contributed by atoms with Crippen LogP contribution in [0.2, 0.25) is 0 Å². The Balaban J connectivity index is 2.41. The van der Waals surface area contributed by atoms with Crippen LogP contribution >= 0.6 is 11.6 Å². The molecule has 0 fully saturated rings. The number of hydrogen-bond acceptors (Lipinski definition) is 6. The Bertz CT molecular complexity index is 948. The third kappa shape index (κ3) is 4.47. The van der Waals surface area contributed by atoms with Crippen molar-refractivity contribution in [2.75, 3.05) is 0 Å². The summed E-state index contributed by atoms with van der Waals surface area (Å²) in [4.78, 5) is 16.0. The van der Waals surface area contributed by atoms with Crippen molar-refractivity contribution >= 4 is 34.1 Å². The second-order valence-electron chi connectivity index (χ2n) is 6.25. The van der Waals surface area contributed by atoms with Crippen LogP contribution in [-0.4, -0.2) is 33.1 Å². The Labute approximate surface area is 166 Å². The predicted molar refractivity (Wildman–Crippen MR) is 107 cm³/mol. The maximum absolute atomic E-state index is 14.7. The Hall–Kier alpha value is -2.97. The number of hydrogen-bond donors (Lipinski definition) is 5. The van der Waals surface area contributed by atoms with Crippen molar-refractivity contribution in [3.05, 3.63) is 58.8 Å². The van der Waals surface area contributed by atoms with Gasteiger partial charge in [0, 0.05) is 17.5 Å². The zero-order chi connectivity index (χ0) is 21.2. The van der Waals surface area contributed by atoms with E-state index in [1.165, 1.54) is 13.1 Å². The molecule has 1 aliphatic heterocycles. The number of aliphatic hydroxyl groups is 1. The predicted octanol–water partition coefficient (Wildman–Crippen LogP) is 3.01. The third-order valence-corrected chi connectivity index (χ3v) is 4.13. The highest BCUT2D eigenvalue weighted by molar-refractivity contribution is 6.85. The minimum Gasteiger partial charge on any atom is -0.507 e. The van der Waals surface area contributed by atoms with Crippen molar-refractivity contribution in [2.45, 2.75) is 26.9 Å². The van der Waals surface area contributed by atoms with Crippen LogP contribution in [0, 0.1) is 11.2 Å². The molecule has 1 aromatic rings. The van der Waals surface area contributed by atoms with Crippen molar-refractivity contribution in [3.63, 3.8) is 0 Å². The zero-order valence-corrected chi connectivity index (χ0v) is 16.3. The van der Waals surface area contributed by atoms with Gasteiger partial charge in [0.2, 0.25) is 0 Å². The summed E-state index contributed by atoms with van der Waals surface area (Å²) in [7, 11) is 0. The van der Waals surface area contributed by atoms with E-state index in [0.717, 1.165) is 12.1 Å². The molecule has 0 saturated heterocycles. The number of allylic oxidation sites excluding steroid dienone is 2. The van der Waals surface area contributed by atoms with Gasteiger partial charge in [0.1, 0.15) is 22.4 Å². The molecule has 7 nitrogen and oxygen atoms in total. The largest absolute Gasteiger partial charge is 0.507 e. The molecule has 2 rings (SSSR count). The van der Waals surface area contributed by atoms with Crippen LogP contribution < -0.4 is 10.6 Å². The summed E-state index contributed by atoms with van der Waals surface area (Å²) in [5, 5.41) is 32.8. The van der Waals surface area contributed by atoms with Crippen molar-refractivity contribution in [2.24, 2.45) is 4.99 Å². The number of carbonyl (C=O) groups excluding carboxylic acids is 1. The van der Waals surface area contributed by atoms with Crippen LogP contribution in [0.25, 0.3) is 5.70 Å². The van der Waals surface area contributed by atoms with Gasteiger partial charge in [0.05, 0.1) is 23.1 Å². The van der Waals surface area contributed by atoms with Crippen LogP contribution in [-0.2, 0) is 0 Å². The summed E-state index contributed by atoms with van der Waals surface area (Å²) in [6, 6.07) is 1.92. The van der Waals surface area contributed by atoms with Gasteiger partial charge in [-0.25, -0.2) is 9.38 Å². The van der Waals surface area contributed by atoms with Gasteiger partial charge in [-0.3, -0.25) is 10.2 Å². The molecule has 1 aromatic carbocycles. The standard InChI is InChI=1S/C19H20ClFN4O3/c1-8(2)16(18(20)22)25-19(28)12-5-13(21)11(6-15(12)27)14-7-23-9(3)17(24-14)10(4)26/h5-7,10,22-24,26-27H,1H2,2-4H3. The molecule has 1 atom stereocenters. The molecule has 1 unspecified atom stereocenters. The third-order valence-electron chi connectivity index (χ3n) is 3.96. The molecule has 9 heteroatoms. The number of nitrogens with one attached hydrogen (secondary N) is 3. The van der Waals surface area contributed by atoms with E-state index in [2.05, 4.69) is 22.2 Å². The molecule has 1 heterocycles. The van der Waals surface area contributed by atoms with Gasteiger partial charge in [-0.1, -0.05) is 18.2 Å². The molecule has 0 saturated carbocycles. The molecule has 0 bridgehead atoms. The van der Waals surface area contributed by atoms with E-state index in [1.807, 2.05) is 0 Å². The number of phenolic OH excluding ortho intramolecular Hbond substituents is 1. The smallest absolute Gasteiger partial charge is 0.281 e. The minimum absolute atomic E-state index is 0.0126. The lowest BCUT2D eigenvalue weighted by Gasteiger charge is -2.24. The normalized spacial score (nSPS) is 15.4. The number of rotatable bonds is 5. The molecule has 5 N–H and O–H groups in total. The summed E-state index contributed by atoms with van der Waals surface area (Å²) < 4.78 is 14.7. The average Bonchev–Trinajstić information content (AvgIpc) is 2.60. The summed E-state index contributed by atoms with van der Waals surface area (Å²) in [5.74, 6) is -2.26. The van der Waals surface area contributed by atoms with Gasteiger partial charge in [-0.05, 0) is 38.5 Å². The van der Waals surface area contributed by atoms with Crippen molar-refractivity contribution < 1.29 is 19.4 Å². The Morgan fingerprint density at radius 2 is 2.07 bits per heavy atom. The molecule has 0 spiro atoms. The number of aromatic hydroxyl groups is 1. The number of aliphatic hydroxyl groups excluding tert-OH is 1. The van der Waals surface area contributed by atoms with E-state index in [9.17, 15) is 19.4 Å². The number of nitrogens with zero attached hydrogens (tertiary/aromatic N) is 1. The molecule has 0 aliphatic carbocycles. The molecular weight excluding hydrogens is 387 g/mol. The van der Waals surface area contributed by atoms with E-state index < -0.39 is 28.7 Å². The SMILES string of the molecule is C=C(C)C(=NC(=O)c1cc(F)c(C2=CNC(C)=C(C(C)O)N2)cc1O)C(=N)Cl. The van der Waals surface area contributed by atoms with Gasteiger partial charge in [0.15, 0.2) is 0 Å². The number of amides is 1. The monoisotopic (exact) mass is 406 g/mol. The summed E-state index contributed by atoms with van der Waals surface area (Å²) >= 11 is 5.57. The molecule has 0 radical (unpaired) electrons. The highest BCUT2D eigenvalue weighted by Crippen LogP contribution is 2.28. The molecular formula is C19H20ClFN4O3. The van der Waals surface area contributed by atoms with Crippen LogP contribution in [0.5, 0.6) is 5.75 Å². The quantitative estimate of drug-likeness (QED) is 0.482. The van der Waals surface area contributed by atoms with Gasteiger partial charge in [-0.2, -0.15) is 0 Å². The lowest BCUT2D eigenvalue weighted by molar-refractivity contribution is 0.1000. The van der Waals surface area contributed by atoms with Crippen LogP contribution in [0.15, 0.2) is 46.9 Å². The molecule has 148 valence electrons. The first-order chi connectivity index (χ1) is 13.0. The first-order valence-electron chi connectivity index (χ1n) is 8.21. The summed E-state index contributed by atoms with van der Waals surface area (Å²) in [6.45, 7) is 8.38. The zero-order valence-electron chi connectivity index (χ0n) is 15.5. The Morgan fingerprint density at radius 1 is 1.43 bits per heavy atom. The minimum atomic E-state index is -0.963. The number of benzene rings is 1. The van der Waals surface area contributed by atoms with E-state index in [4.69, 9.17) is 17.0 Å². The number of aliphatic imine (C=N–C) groups is 1. The van der Waals surface area contributed by atoms with Gasteiger partial charge >= 0.3 is 0 Å². The Morgan fingerprint density at radius 3 is 2.61 bits per heavy atom. The van der Waals surface area contributed by atoms with Crippen molar-refractivity contribution in [1.29, 1.82) is 5.41 Å². The van der Waals surface area contributed by atoms with E-state index in [-0.39, 0.29) is 28.1 Å². The van der Waals surface area contributed by atoms with E-state index in [0.29, 0.717) is 11.4 Å². The van der Waals surface area contributed by atoms with Crippen LogP contribution in [0.3, 0.4) is 0 Å². The molecule has 0 aromatic heterocycles. The van der Waals surface area contributed by atoms with Crippen molar-refractivity contribution in [1.82, 2.24) is 10.6 Å². The maximum Gasteiger partial charge on any atom is 0.281 e. The second kappa shape index (κ2) is 8.37. The lowest BCUT2D eigenvalue weighted by Crippen LogP contribution is -2.30. The van der Waals surface area contributed by atoms with E-state index in [1.54, 1.807) is 13.8 Å². The highest BCUT2D eigenvalue weighted by atomic mass is 35.5. The molecule has 1 amide bonds. The summed E-state index contributed by atoms with van der Waals surface area (Å²) in [5.41, 5.74) is 1.11. The summed E-state index contributed by atoms with van der Waals surface area (Å²) in [6.07, 6.45) is 0.654. The number of carbonyl (C=O) groups is 1. The number of halogens is 2. The van der Waals surface area contributed by atoms with Crippen LogP contribution in [0.4, 0.5) is 4.39 Å². The second-order valence-corrected chi connectivity index (χ2v) is 6.63. The van der Waals surface area contributed by atoms with Gasteiger partial charge in [-0.15, -0.1) is 0 Å². The van der Waals surface area contributed by atoms with Gasteiger partial charge < -0.3 is 20.8 Å². The molecule has 28 heavy (non-hydrogen) atoms. The highest BCUT2D eigenvalue weighted by Gasteiger charge is 2.22. The fourth-order valence-corrected chi connectivity index (χ4v) is 2.73. The average molecular weight is 407 g/mol. The van der Waals surface area contributed by atoms with E-state index >= 15 is 0 Å². The lowest BCUT2D eigenvalue weighted by atomic mass is 10.0. The topological polar surface area (TPSA) is 118 Å². The van der Waals surface area contributed by atoms with Gasteiger partial charge in [0.25, 0.3) is 5.91 Å². The Kier molecular flexibility index (Phi) is 6.37. The van der Waals surface area contributed by atoms with Crippen LogP contribution in [0.1, 0.15) is 36.7 Å². The maximum atomic E-state index is 14.7.